The van der Waals surface area contributed by atoms with Crippen LogP contribution in [0.5, 0.6) is 0 Å². The summed E-state index contributed by atoms with van der Waals surface area (Å²) in [5.41, 5.74) is 2.78. The fourth-order valence-electron chi connectivity index (χ4n) is 3.31. The molecule has 0 aliphatic carbocycles. The Kier molecular flexibility index (Phi) is 5.76. The maximum absolute atomic E-state index is 13.4. The van der Waals surface area contributed by atoms with Crippen LogP contribution in [0.15, 0.2) is 42.7 Å². The maximum atomic E-state index is 13.4. The molecule has 0 unspecified atom stereocenters. The quantitative estimate of drug-likeness (QED) is 0.778. The molecule has 5 heteroatoms. The molecule has 132 valence electrons. The molecule has 0 radical (unpaired) electrons. The number of pyridine rings is 1. The number of esters is 1. The molecule has 2 aromatic rings. The molecule has 0 N–H and O–H groups in total. The zero-order valence-electron chi connectivity index (χ0n) is 14.5. The number of carbonyl (C=O) groups is 1. The van der Waals surface area contributed by atoms with Gasteiger partial charge in [-0.05, 0) is 55.6 Å². The highest BCUT2D eigenvalue weighted by Crippen LogP contribution is 2.23. The largest absolute Gasteiger partial charge is 0.466 e. The number of ether oxygens (including phenoxy) is 1. The van der Waals surface area contributed by atoms with Crippen molar-refractivity contribution in [3.8, 4) is 11.1 Å². The molecule has 0 bridgehead atoms. The Morgan fingerprint density at radius 3 is 3.00 bits per heavy atom. The van der Waals surface area contributed by atoms with Gasteiger partial charge >= 0.3 is 5.97 Å². The Balaban J connectivity index is 1.69. The van der Waals surface area contributed by atoms with Crippen LogP contribution in [0.4, 0.5) is 4.39 Å². The van der Waals surface area contributed by atoms with Crippen LogP contribution in [0, 0.1) is 11.7 Å². The third-order valence-corrected chi connectivity index (χ3v) is 4.48. The molecule has 0 amide bonds. The highest BCUT2D eigenvalue weighted by atomic mass is 19.1. The molecule has 4 nitrogen and oxygen atoms in total. The molecule has 1 aromatic carbocycles. The lowest BCUT2D eigenvalue weighted by Crippen LogP contribution is -2.38. The number of benzene rings is 1. The van der Waals surface area contributed by atoms with E-state index < -0.39 is 0 Å². The van der Waals surface area contributed by atoms with E-state index in [1.54, 1.807) is 12.3 Å². The van der Waals surface area contributed by atoms with E-state index in [1.165, 1.54) is 12.1 Å². The number of rotatable bonds is 5. The molecule has 0 saturated carbocycles. The molecule has 1 saturated heterocycles. The van der Waals surface area contributed by atoms with E-state index in [4.69, 9.17) is 4.74 Å². The van der Waals surface area contributed by atoms with E-state index in [-0.39, 0.29) is 17.7 Å². The van der Waals surface area contributed by atoms with Crippen LogP contribution in [-0.4, -0.2) is 35.5 Å². The van der Waals surface area contributed by atoms with Crippen LogP contribution >= 0.6 is 0 Å². The summed E-state index contributed by atoms with van der Waals surface area (Å²) in [5.74, 6) is -0.400. The summed E-state index contributed by atoms with van der Waals surface area (Å²) in [7, 11) is 0. The van der Waals surface area contributed by atoms with E-state index in [2.05, 4.69) is 9.88 Å². The van der Waals surface area contributed by atoms with Crippen LogP contribution in [0.1, 0.15) is 25.3 Å². The molecule has 2 heterocycles. The summed E-state index contributed by atoms with van der Waals surface area (Å²) in [6.07, 6.45) is 5.45. The standard InChI is InChI=1S/C20H23FN2O2/c1-2-25-20(24)17-6-4-8-23(14-17)13-15-9-18(12-22-11-15)16-5-3-7-19(21)10-16/h3,5,7,9-12,17H,2,4,6,8,13-14H2,1H3/t17-/m0/s1. The van der Waals surface area contributed by atoms with Gasteiger partial charge in [-0.3, -0.25) is 14.7 Å². The number of piperidine rings is 1. The Hall–Kier alpha value is -2.27. The van der Waals surface area contributed by atoms with E-state index in [0.29, 0.717) is 13.2 Å². The second kappa shape index (κ2) is 8.21. The number of nitrogens with zero attached hydrogens (tertiary/aromatic N) is 2. The van der Waals surface area contributed by atoms with Gasteiger partial charge < -0.3 is 4.74 Å². The molecule has 1 aliphatic rings. The molecular formula is C20H23FN2O2. The predicted octanol–water partition coefficient (Wildman–Crippen LogP) is 3.66. The van der Waals surface area contributed by atoms with Gasteiger partial charge in [0.1, 0.15) is 5.82 Å². The van der Waals surface area contributed by atoms with Crippen molar-refractivity contribution in [1.82, 2.24) is 9.88 Å². The van der Waals surface area contributed by atoms with Crippen molar-refractivity contribution < 1.29 is 13.9 Å². The van der Waals surface area contributed by atoms with Crippen LogP contribution in [0.2, 0.25) is 0 Å². The van der Waals surface area contributed by atoms with Crippen molar-refractivity contribution in [1.29, 1.82) is 0 Å². The molecule has 1 aliphatic heterocycles. The first-order valence-electron chi connectivity index (χ1n) is 8.74. The highest BCUT2D eigenvalue weighted by Gasteiger charge is 2.26. The lowest BCUT2D eigenvalue weighted by Gasteiger charge is -2.31. The second-order valence-electron chi connectivity index (χ2n) is 6.42. The van der Waals surface area contributed by atoms with Gasteiger partial charge in [-0.2, -0.15) is 0 Å². The SMILES string of the molecule is CCOC(=O)[C@H]1CCCN(Cc2cncc(-c3cccc(F)c3)c2)C1. The van der Waals surface area contributed by atoms with Crippen molar-refractivity contribution in [2.24, 2.45) is 5.92 Å². The fraction of sp³-hybridized carbons (Fsp3) is 0.400. The first kappa shape index (κ1) is 17.5. The van der Waals surface area contributed by atoms with E-state index in [0.717, 1.165) is 42.6 Å². The van der Waals surface area contributed by atoms with Crippen molar-refractivity contribution >= 4 is 5.97 Å². The number of aromatic nitrogens is 1. The van der Waals surface area contributed by atoms with E-state index in [1.807, 2.05) is 25.3 Å². The molecule has 25 heavy (non-hydrogen) atoms. The lowest BCUT2D eigenvalue weighted by molar-refractivity contribution is -0.150. The van der Waals surface area contributed by atoms with Gasteiger partial charge in [0.05, 0.1) is 12.5 Å². The Bertz CT molecular complexity index is 735. The Morgan fingerprint density at radius 1 is 1.32 bits per heavy atom. The topological polar surface area (TPSA) is 42.4 Å². The molecule has 1 aromatic heterocycles. The summed E-state index contributed by atoms with van der Waals surface area (Å²) in [4.78, 5) is 18.5. The smallest absolute Gasteiger partial charge is 0.310 e. The minimum absolute atomic E-state index is 0.0481. The Labute approximate surface area is 147 Å². The summed E-state index contributed by atoms with van der Waals surface area (Å²) in [5, 5.41) is 0. The lowest BCUT2D eigenvalue weighted by atomic mass is 9.97. The average molecular weight is 342 g/mol. The van der Waals surface area contributed by atoms with Crippen molar-refractivity contribution in [2.45, 2.75) is 26.3 Å². The zero-order chi connectivity index (χ0) is 17.6. The maximum Gasteiger partial charge on any atom is 0.310 e. The Morgan fingerprint density at radius 2 is 2.20 bits per heavy atom. The van der Waals surface area contributed by atoms with Gasteiger partial charge in [-0.1, -0.05) is 12.1 Å². The highest BCUT2D eigenvalue weighted by molar-refractivity contribution is 5.72. The van der Waals surface area contributed by atoms with Crippen molar-refractivity contribution in [3.63, 3.8) is 0 Å². The van der Waals surface area contributed by atoms with E-state index >= 15 is 0 Å². The third kappa shape index (κ3) is 4.63. The summed E-state index contributed by atoms with van der Waals surface area (Å²) < 4.78 is 18.6. The van der Waals surface area contributed by atoms with Gasteiger partial charge in [-0.25, -0.2) is 4.39 Å². The molecule has 1 atom stereocenters. The fourth-order valence-corrected chi connectivity index (χ4v) is 3.31. The van der Waals surface area contributed by atoms with Crippen LogP contribution in [0.25, 0.3) is 11.1 Å². The second-order valence-corrected chi connectivity index (χ2v) is 6.42. The van der Waals surface area contributed by atoms with Crippen LogP contribution < -0.4 is 0 Å². The van der Waals surface area contributed by atoms with Gasteiger partial charge in [-0.15, -0.1) is 0 Å². The summed E-state index contributed by atoms with van der Waals surface area (Å²) >= 11 is 0. The molecule has 0 spiro atoms. The number of carbonyl (C=O) groups excluding carboxylic acids is 1. The monoisotopic (exact) mass is 342 g/mol. The van der Waals surface area contributed by atoms with Gasteiger partial charge in [0, 0.05) is 31.0 Å². The van der Waals surface area contributed by atoms with Crippen molar-refractivity contribution in [3.05, 3.63) is 54.1 Å². The zero-order valence-corrected chi connectivity index (χ0v) is 14.5. The first-order chi connectivity index (χ1) is 12.2. The minimum atomic E-state index is -0.254. The molecule has 1 fully saturated rings. The minimum Gasteiger partial charge on any atom is -0.466 e. The third-order valence-electron chi connectivity index (χ3n) is 4.48. The molecular weight excluding hydrogens is 319 g/mol. The number of hydrogen-bond acceptors (Lipinski definition) is 4. The van der Waals surface area contributed by atoms with Crippen LogP contribution in [0.3, 0.4) is 0 Å². The van der Waals surface area contributed by atoms with E-state index in [9.17, 15) is 9.18 Å². The van der Waals surface area contributed by atoms with Crippen molar-refractivity contribution in [2.75, 3.05) is 19.7 Å². The summed E-state index contributed by atoms with van der Waals surface area (Å²) in [6, 6.07) is 8.56. The number of likely N-dealkylation sites (tertiary alicyclic amines) is 1. The van der Waals surface area contributed by atoms with Gasteiger partial charge in [0.15, 0.2) is 0 Å². The van der Waals surface area contributed by atoms with Gasteiger partial charge in [0.25, 0.3) is 0 Å². The predicted molar refractivity (Wildman–Crippen MR) is 94.3 cm³/mol. The number of hydrogen-bond donors (Lipinski definition) is 0. The van der Waals surface area contributed by atoms with Gasteiger partial charge in [0.2, 0.25) is 0 Å². The number of halogens is 1. The normalized spacial score (nSPS) is 18.1. The summed E-state index contributed by atoms with van der Waals surface area (Å²) in [6.45, 7) is 4.66. The van der Waals surface area contributed by atoms with Crippen LogP contribution in [-0.2, 0) is 16.1 Å². The molecule has 3 rings (SSSR count). The first-order valence-corrected chi connectivity index (χ1v) is 8.74. The average Bonchev–Trinajstić information content (AvgIpc) is 2.62.